The fourth-order valence-electron chi connectivity index (χ4n) is 7.04. The van der Waals surface area contributed by atoms with Gasteiger partial charge in [0.05, 0.1) is 12.6 Å². The van der Waals surface area contributed by atoms with Crippen molar-refractivity contribution in [1.29, 1.82) is 0 Å². The van der Waals surface area contributed by atoms with Crippen LogP contribution in [0.5, 0.6) is 6.01 Å². The van der Waals surface area contributed by atoms with E-state index in [2.05, 4.69) is 15.3 Å². The van der Waals surface area contributed by atoms with Crippen molar-refractivity contribution in [3.05, 3.63) is 22.5 Å². The third-order valence-corrected chi connectivity index (χ3v) is 9.38. The molecule has 0 spiro atoms. The molecule has 0 aromatic carbocycles. The molecule has 3 heterocycles. The molecule has 1 aliphatic carbocycles. The molecular weight excluding hydrogens is 552 g/mol. The summed E-state index contributed by atoms with van der Waals surface area (Å²) in [4.78, 5) is 63.9. The van der Waals surface area contributed by atoms with Crippen molar-refractivity contribution in [2.45, 2.75) is 123 Å². The van der Waals surface area contributed by atoms with Gasteiger partial charge in [0.25, 0.3) is 0 Å². The second-order valence-corrected chi connectivity index (χ2v) is 13.5. The lowest BCUT2D eigenvalue weighted by molar-refractivity contribution is -0.141. The number of Topliss-reactive ketones (excluding diaryl/α,β-unsaturated/α-hetero) is 1. The van der Waals surface area contributed by atoms with Gasteiger partial charge >= 0.3 is 17.8 Å². The first-order chi connectivity index (χ1) is 20.3. The lowest BCUT2D eigenvalue weighted by Crippen LogP contribution is -2.58. The van der Waals surface area contributed by atoms with E-state index in [0.717, 1.165) is 38.5 Å². The number of rotatable bonds is 3. The first-order valence-corrected chi connectivity index (χ1v) is 15.6. The number of hydrogen-bond donors (Lipinski definition) is 2. The van der Waals surface area contributed by atoms with E-state index >= 15 is 0 Å². The van der Waals surface area contributed by atoms with Crippen LogP contribution < -0.4 is 21.5 Å². The third-order valence-electron chi connectivity index (χ3n) is 9.38. The van der Waals surface area contributed by atoms with Crippen molar-refractivity contribution in [3.63, 3.8) is 0 Å². The van der Waals surface area contributed by atoms with Crippen molar-refractivity contribution < 1.29 is 23.9 Å². The molecule has 2 bridgehead atoms. The molecule has 0 unspecified atom stereocenters. The van der Waals surface area contributed by atoms with Gasteiger partial charge in [-0.05, 0) is 76.0 Å². The van der Waals surface area contributed by atoms with E-state index in [4.69, 9.17) is 15.2 Å². The second-order valence-electron chi connectivity index (χ2n) is 13.5. The quantitative estimate of drug-likeness (QED) is 0.530. The van der Waals surface area contributed by atoms with Crippen molar-refractivity contribution in [1.82, 2.24) is 24.8 Å². The van der Waals surface area contributed by atoms with Crippen LogP contribution in [0.3, 0.4) is 0 Å². The number of nitrogens with zero attached hydrogens (tertiary/aromatic N) is 4. The lowest BCUT2D eigenvalue weighted by Gasteiger charge is -2.37. The van der Waals surface area contributed by atoms with Crippen LogP contribution >= 0.6 is 0 Å². The van der Waals surface area contributed by atoms with E-state index in [0.29, 0.717) is 19.4 Å². The monoisotopic (exact) mass is 600 g/mol. The molecule has 2 fully saturated rings. The van der Waals surface area contributed by atoms with Crippen molar-refractivity contribution in [2.24, 2.45) is 23.0 Å². The Bertz CT molecular complexity index is 1290. The van der Waals surface area contributed by atoms with E-state index in [1.54, 1.807) is 0 Å². The zero-order valence-electron chi connectivity index (χ0n) is 26.4. The maximum absolute atomic E-state index is 14.3. The first-order valence-electron chi connectivity index (χ1n) is 15.6. The summed E-state index contributed by atoms with van der Waals surface area (Å²) in [6, 6.07) is -1.62. The van der Waals surface area contributed by atoms with Crippen LogP contribution in [-0.2, 0) is 20.9 Å². The molecule has 43 heavy (non-hydrogen) atoms. The SMILES string of the molecule is CC[C@@H]1[C@@H]2CN(C(=O)[C@H](C(C)(C)C)NC(=O)O[C@]3(C)CCC[C@H]3CCCCCn3c(nc(C=CN)nc3=O)O2)[C@@H]1C(C)=O. The Kier molecular flexibility index (Phi) is 9.86. The largest absolute Gasteiger partial charge is 0.459 e. The van der Waals surface area contributed by atoms with Crippen molar-refractivity contribution >= 4 is 23.9 Å². The van der Waals surface area contributed by atoms with Gasteiger partial charge in [0, 0.05) is 12.5 Å². The van der Waals surface area contributed by atoms with Crippen LogP contribution in [0, 0.1) is 17.3 Å². The molecule has 1 aromatic rings. The van der Waals surface area contributed by atoms with E-state index in [1.165, 1.54) is 28.7 Å². The maximum atomic E-state index is 14.3. The number of ether oxygens (including phenoxy) is 2. The van der Waals surface area contributed by atoms with E-state index < -0.39 is 41.0 Å². The number of amides is 2. The van der Waals surface area contributed by atoms with Crippen molar-refractivity contribution in [3.8, 4) is 6.01 Å². The van der Waals surface area contributed by atoms with Gasteiger partial charge in [-0.15, -0.1) is 0 Å². The number of hydrogen-bond acceptors (Lipinski definition) is 9. The predicted molar refractivity (Wildman–Crippen MR) is 161 cm³/mol. The molecule has 12 heteroatoms. The van der Waals surface area contributed by atoms with Gasteiger partial charge < -0.3 is 25.4 Å². The molecule has 2 aliphatic heterocycles. The molecular formula is C31H48N6O6. The van der Waals surface area contributed by atoms with Gasteiger partial charge in [-0.1, -0.05) is 40.5 Å². The van der Waals surface area contributed by atoms with E-state index in [9.17, 15) is 19.2 Å². The van der Waals surface area contributed by atoms with Gasteiger partial charge in [0.1, 0.15) is 17.7 Å². The third kappa shape index (κ3) is 7.04. The Balaban J connectivity index is 1.78. The highest BCUT2D eigenvalue weighted by Crippen LogP contribution is 2.42. The molecule has 238 valence electrons. The number of carbonyl (C=O) groups excluding carboxylic acids is 3. The van der Waals surface area contributed by atoms with Crippen LogP contribution in [0.25, 0.3) is 6.08 Å². The van der Waals surface area contributed by atoms with Gasteiger partial charge in [0.2, 0.25) is 5.91 Å². The van der Waals surface area contributed by atoms with Gasteiger partial charge in [-0.25, -0.2) is 14.2 Å². The predicted octanol–water partition coefficient (Wildman–Crippen LogP) is 3.41. The standard InChI is InChI=1S/C31H48N6O6/c1-7-21-22-18-37(24(21)19(2)38)26(39)25(30(3,4)5)35-29(41)43-31(6)15-11-13-20(31)12-9-8-10-17-36-27(40)33-23(14-16-32)34-28(36)42-22/h14,16,20-22,24-25H,7-13,15,17-18,32H2,1-6H3,(H,35,41)/t20-,21-,22+,24-,25-,31-/m1/s1. The fraction of sp³-hybridized carbons (Fsp3) is 0.742. The average molecular weight is 601 g/mol. The molecule has 3 N–H and O–H groups in total. The number of ketones is 1. The number of carbonyl (C=O) groups is 3. The van der Waals surface area contributed by atoms with E-state index in [-0.39, 0.29) is 41.9 Å². The summed E-state index contributed by atoms with van der Waals surface area (Å²) in [5, 5.41) is 2.88. The Morgan fingerprint density at radius 2 is 1.86 bits per heavy atom. The normalized spacial score (nSPS) is 30.9. The molecule has 1 aromatic heterocycles. The molecule has 6 atom stereocenters. The zero-order chi connectivity index (χ0) is 31.5. The minimum Gasteiger partial charge on any atom is -0.459 e. The van der Waals surface area contributed by atoms with Gasteiger partial charge in [-0.2, -0.15) is 9.97 Å². The summed E-state index contributed by atoms with van der Waals surface area (Å²) in [5.41, 5.74) is 3.75. The topological polar surface area (TPSA) is 159 Å². The Labute approximate surface area is 253 Å². The smallest absolute Gasteiger partial charge is 0.408 e. The first kappa shape index (κ1) is 32.5. The Hall–Kier alpha value is -3.44. The number of nitrogens with two attached hydrogens (primary N) is 1. The molecule has 12 nitrogen and oxygen atoms in total. The van der Waals surface area contributed by atoms with Gasteiger partial charge in [0.15, 0.2) is 11.6 Å². The highest BCUT2D eigenvalue weighted by molar-refractivity contribution is 5.92. The number of fused-ring (bicyclic) bond motifs is 4. The molecule has 1 saturated heterocycles. The molecule has 1 saturated carbocycles. The number of alkyl carbamates (subject to hydrolysis) is 1. The van der Waals surface area contributed by atoms with E-state index in [1.807, 2.05) is 34.6 Å². The average Bonchev–Trinajstić information content (AvgIpc) is 3.46. The zero-order valence-corrected chi connectivity index (χ0v) is 26.4. The van der Waals surface area contributed by atoms with Crippen molar-refractivity contribution in [2.75, 3.05) is 6.54 Å². The summed E-state index contributed by atoms with van der Waals surface area (Å²) >= 11 is 0. The Morgan fingerprint density at radius 3 is 2.51 bits per heavy atom. The summed E-state index contributed by atoms with van der Waals surface area (Å²) in [5.74, 6) is -0.601. The van der Waals surface area contributed by atoms with Crippen LogP contribution in [-0.4, -0.2) is 67.6 Å². The van der Waals surface area contributed by atoms with Crippen LogP contribution in [0.1, 0.15) is 98.7 Å². The van der Waals surface area contributed by atoms with Crippen LogP contribution in [0.4, 0.5) is 4.79 Å². The second kappa shape index (κ2) is 13.1. The minimum atomic E-state index is -0.945. The molecule has 3 aliphatic rings. The number of nitrogens with one attached hydrogen (secondary N) is 1. The summed E-state index contributed by atoms with van der Waals surface area (Å²) < 4.78 is 13.9. The summed E-state index contributed by atoms with van der Waals surface area (Å²) in [7, 11) is 0. The molecule has 0 radical (unpaired) electrons. The minimum absolute atomic E-state index is 0.0882. The molecule has 2 amide bonds. The highest BCUT2D eigenvalue weighted by atomic mass is 16.6. The van der Waals surface area contributed by atoms with Crippen LogP contribution in [0.2, 0.25) is 0 Å². The van der Waals surface area contributed by atoms with Gasteiger partial charge in [-0.3, -0.25) is 9.59 Å². The molecule has 4 rings (SSSR count). The van der Waals surface area contributed by atoms with Crippen LogP contribution in [0.15, 0.2) is 11.0 Å². The highest BCUT2D eigenvalue weighted by Gasteiger charge is 2.51. The summed E-state index contributed by atoms with van der Waals surface area (Å²) in [6.07, 6.45) is 8.01. The maximum Gasteiger partial charge on any atom is 0.408 e. The summed E-state index contributed by atoms with van der Waals surface area (Å²) in [6.45, 7) is 11.4. The Morgan fingerprint density at radius 1 is 1.14 bits per heavy atom. The lowest BCUT2D eigenvalue weighted by atomic mass is 9.85. The number of aromatic nitrogens is 3. The fourth-order valence-corrected chi connectivity index (χ4v) is 7.04.